The van der Waals surface area contributed by atoms with Crippen LogP contribution < -0.4 is 11.5 Å². The van der Waals surface area contributed by atoms with E-state index in [1.165, 1.54) is 57.6 Å². The van der Waals surface area contributed by atoms with Crippen LogP contribution in [-0.4, -0.2) is 54.8 Å². The highest BCUT2D eigenvalue weighted by atomic mass is 32.2. The standard InChI is InChI=1S/2C19H17N.C12H10O6S2.2C3H8O.H2O/c2*20-19(16-10-4-1-5-11-16,17-12-6-2-7-13-17)18-14-8-3-9-15-18;13-19(14,15)11-5-1-9(2-6-11)10-3-7-12(8-4-10)20(16,17)18;2*1-2-3-4;/h2*1-15H,20H2;1-8H,(H,13,14,15)(H,16,17,18);2*4H,2-3H2,1H3;1H2. The second-order valence-electron chi connectivity index (χ2n) is 15.4. The van der Waals surface area contributed by atoms with Gasteiger partial charge in [0.1, 0.15) is 20.2 Å². The van der Waals surface area contributed by atoms with Crippen molar-refractivity contribution in [2.75, 3.05) is 13.2 Å². The van der Waals surface area contributed by atoms with Crippen LogP contribution in [0.15, 0.2) is 240 Å². The number of aliphatic hydroxyl groups excluding tert-OH is 2. The molecule has 10 N–H and O–H groups in total. The van der Waals surface area contributed by atoms with Gasteiger partial charge in [-0.25, -0.2) is 16.8 Å². The quantitative estimate of drug-likeness (QED) is 0.0743. The molecule has 0 amide bonds. The normalized spacial score (nSPS) is 11.0. The van der Waals surface area contributed by atoms with Crippen molar-refractivity contribution in [1.29, 1.82) is 0 Å². The molecule has 0 atom stereocenters. The van der Waals surface area contributed by atoms with Gasteiger partial charge < -0.3 is 36.3 Å². The molecule has 69 heavy (non-hydrogen) atoms. The van der Waals surface area contributed by atoms with Crippen LogP contribution in [0.2, 0.25) is 0 Å². The minimum absolute atomic E-state index is 0. The lowest BCUT2D eigenvalue weighted by molar-refractivity contribution is -0.455. The lowest BCUT2D eigenvalue weighted by Crippen LogP contribution is -2.71. The number of benzene rings is 8. The largest absolute Gasteiger partial charge is 0.744 e. The van der Waals surface area contributed by atoms with Gasteiger partial charge in [-0.15, -0.1) is 0 Å². The average Bonchev–Trinajstić information content (AvgIpc) is 3.40. The van der Waals surface area contributed by atoms with E-state index in [9.17, 15) is 25.9 Å². The van der Waals surface area contributed by atoms with Gasteiger partial charge in [-0.3, -0.25) is 0 Å². The maximum atomic E-state index is 10.8. The molecule has 0 aliphatic carbocycles. The average molecular weight is 971 g/mol. The van der Waals surface area contributed by atoms with Gasteiger partial charge in [-0.1, -0.05) is 220 Å². The zero-order valence-corrected chi connectivity index (χ0v) is 40.5. The van der Waals surface area contributed by atoms with Crippen LogP contribution in [0.1, 0.15) is 60.1 Å². The summed E-state index contributed by atoms with van der Waals surface area (Å²) < 4.78 is 64.7. The van der Waals surface area contributed by atoms with E-state index in [1.54, 1.807) is 0 Å². The Balaban J connectivity index is 0.000000252. The summed E-state index contributed by atoms with van der Waals surface area (Å²) in [6, 6.07) is 73.2. The number of rotatable bonds is 11. The minimum atomic E-state index is -4.50. The van der Waals surface area contributed by atoms with Crippen LogP contribution in [0.3, 0.4) is 0 Å². The molecule has 11 nitrogen and oxygen atoms in total. The van der Waals surface area contributed by atoms with Crippen LogP contribution in [0, 0.1) is 0 Å². The van der Waals surface area contributed by atoms with E-state index >= 15 is 0 Å². The van der Waals surface area contributed by atoms with Crippen molar-refractivity contribution in [2.45, 2.75) is 47.6 Å². The van der Waals surface area contributed by atoms with E-state index in [0.717, 1.165) is 37.1 Å². The molecular weight excluding hydrogens is 909 g/mol. The molecule has 0 unspecified atom stereocenters. The molecule has 8 aromatic carbocycles. The van der Waals surface area contributed by atoms with Gasteiger partial charge in [0, 0.05) is 46.6 Å². The molecule has 0 aromatic heterocycles. The molecule has 8 rings (SSSR count). The highest BCUT2D eigenvalue weighted by Crippen LogP contribution is 2.33. The van der Waals surface area contributed by atoms with E-state index in [4.69, 9.17) is 10.2 Å². The number of aliphatic hydroxyl groups is 2. The van der Waals surface area contributed by atoms with Crippen LogP contribution in [-0.2, 0) is 31.3 Å². The van der Waals surface area contributed by atoms with E-state index in [0.29, 0.717) is 24.3 Å². The fraction of sp³-hybridized carbons (Fsp3) is 0.143. The second kappa shape index (κ2) is 28.0. The first-order chi connectivity index (χ1) is 32.6. The Morgan fingerprint density at radius 3 is 0.652 bits per heavy atom. The minimum Gasteiger partial charge on any atom is -0.744 e. The van der Waals surface area contributed by atoms with E-state index in [2.05, 4.69) is 157 Å². The summed E-state index contributed by atoms with van der Waals surface area (Å²) in [6.07, 6.45) is 1.75. The van der Waals surface area contributed by atoms with Gasteiger partial charge in [0.15, 0.2) is 11.1 Å². The summed E-state index contributed by atoms with van der Waals surface area (Å²) in [5, 5.41) is 15.8. The molecule has 0 spiro atoms. The molecule has 0 radical (unpaired) electrons. The summed E-state index contributed by atoms with van der Waals surface area (Å²) in [7, 11) is -9.00. The van der Waals surface area contributed by atoms with Crippen LogP contribution in [0.25, 0.3) is 11.1 Å². The van der Waals surface area contributed by atoms with Crippen LogP contribution in [0.4, 0.5) is 0 Å². The van der Waals surface area contributed by atoms with Crippen molar-refractivity contribution >= 4 is 20.2 Å². The summed E-state index contributed by atoms with van der Waals surface area (Å²) in [5.41, 5.74) is 16.8. The maximum absolute atomic E-state index is 10.8. The Hall–Kier alpha value is -6.62. The molecule has 13 heteroatoms. The third-order valence-electron chi connectivity index (χ3n) is 10.7. The number of quaternary nitrogens is 2. The van der Waals surface area contributed by atoms with Crippen LogP contribution >= 0.6 is 0 Å². The van der Waals surface area contributed by atoms with Crippen molar-refractivity contribution < 1.29 is 53.1 Å². The molecule has 8 aromatic rings. The molecule has 0 bridgehead atoms. The topological polar surface area (TPSA) is 242 Å². The monoisotopic (exact) mass is 970 g/mol. The maximum Gasteiger partial charge on any atom is 0.172 e. The summed E-state index contributed by atoms with van der Waals surface area (Å²) >= 11 is 0. The number of hydrogen-bond acceptors (Lipinski definition) is 8. The molecule has 362 valence electrons. The van der Waals surface area contributed by atoms with Crippen molar-refractivity contribution in [3.8, 4) is 11.1 Å². The first-order valence-electron chi connectivity index (χ1n) is 22.0. The first kappa shape index (κ1) is 56.7. The van der Waals surface area contributed by atoms with Gasteiger partial charge in [0.2, 0.25) is 0 Å². The highest BCUT2D eigenvalue weighted by Gasteiger charge is 2.36. The fourth-order valence-electron chi connectivity index (χ4n) is 6.96. The van der Waals surface area contributed by atoms with Crippen LogP contribution in [0.5, 0.6) is 0 Å². The van der Waals surface area contributed by atoms with Gasteiger partial charge in [-0.2, -0.15) is 0 Å². The predicted octanol–water partition coefficient (Wildman–Crippen LogP) is 7.56. The smallest absolute Gasteiger partial charge is 0.172 e. The lowest BCUT2D eigenvalue weighted by Gasteiger charge is -2.27. The van der Waals surface area contributed by atoms with E-state index < -0.39 is 20.2 Å². The summed E-state index contributed by atoms with van der Waals surface area (Å²) in [5.74, 6) is 0. The Morgan fingerprint density at radius 2 is 0.522 bits per heavy atom. The molecule has 0 saturated heterocycles. The fourth-order valence-corrected chi connectivity index (χ4v) is 7.90. The van der Waals surface area contributed by atoms with Gasteiger partial charge >= 0.3 is 0 Å². The summed E-state index contributed by atoms with van der Waals surface area (Å²) in [6.45, 7) is 4.50. The summed E-state index contributed by atoms with van der Waals surface area (Å²) in [4.78, 5) is -0.694. The second-order valence-corrected chi connectivity index (χ2v) is 18.2. The van der Waals surface area contributed by atoms with Crippen molar-refractivity contribution in [2.24, 2.45) is 0 Å². The first-order valence-corrected chi connectivity index (χ1v) is 24.8. The highest BCUT2D eigenvalue weighted by molar-refractivity contribution is 7.86. The molecule has 0 fully saturated rings. The number of hydrogen-bond donors (Lipinski definition) is 4. The Morgan fingerprint density at radius 1 is 0.362 bits per heavy atom. The Labute approximate surface area is 407 Å². The SMILES string of the molecule is CCCO.CCCO.O.O=S(=O)([O-])c1ccc(-c2ccc(S(=O)(=O)[O-])cc2)cc1.[NH3+]C(c1ccccc1)(c1ccccc1)c1ccccc1.[NH3+]C(c1ccccc1)(c1ccccc1)c1ccccc1. The Bertz CT molecular complexity index is 2460. The van der Waals surface area contributed by atoms with Crippen molar-refractivity contribution in [1.82, 2.24) is 0 Å². The lowest BCUT2D eigenvalue weighted by atomic mass is 9.78. The third kappa shape index (κ3) is 16.3. The van der Waals surface area contributed by atoms with Gasteiger partial charge in [-0.05, 0) is 48.2 Å². The molecule has 0 saturated carbocycles. The molecule has 0 heterocycles. The van der Waals surface area contributed by atoms with Gasteiger partial charge in [0.25, 0.3) is 0 Å². The van der Waals surface area contributed by atoms with Crippen molar-refractivity contribution in [3.63, 3.8) is 0 Å². The van der Waals surface area contributed by atoms with E-state index in [-0.39, 0.29) is 26.3 Å². The van der Waals surface area contributed by atoms with E-state index in [1.807, 2.05) is 50.2 Å². The molecular formula is C56H62N2O9S2. The van der Waals surface area contributed by atoms with Gasteiger partial charge in [0.05, 0.1) is 9.79 Å². The third-order valence-corrected chi connectivity index (χ3v) is 12.4. The Kier molecular flexibility index (Phi) is 23.0. The zero-order valence-electron chi connectivity index (χ0n) is 38.8. The predicted molar refractivity (Wildman–Crippen MR) is 270 cm³/mol. The van der Waals surface area contributed by atoms with Crippen molar-refractivity contribution in [3.05, 3.63) is 264 Å². The zero-order chi connectivity index (χ0) is 49.5. The molecule has 0 aliphatic heterocycles. The molecule has 0 aliphatic rings.